The Kier molecular flexibility index (Phi) is 6.80. The van der Waals surface area contributed by atoms with Gasteiger partial charge in [0.2, 0.25) is 0 Å². The van der Waals surface area contributed by atoms with Gasteiger partial charge in [0.1, 0.15) is 0 Å². The second-order valence-corrected chi connectivity index (χ2v) is 16.1. The third kappa shape index (κ3) is 4.79. The molecule has 1 aliphatic carbocycles. The number of thiophene rings is 1. The summed E-state index contributed by atoms with van der Waals surface area (Å²) in [4.78, 5) is 10.4. The van der Waals surface area contributed by atoms with Gasteiger partial charge < -0.3 is 0 Å². The van der Waals surface area contributed by atoms with Crippen molar-refractivity contribution in [2.75, 3.05) is 0 Å². The van der Waals surface area contributed by atoms with Crippen molar-refractivity contribution in [1.29, 1.82) is 0 Å². The molecule has 0 bridgehead atoms. The van der Waals surface area contributed by atoms with Gasteiger partial charge in [-0.25, -0.2) is 9.97 Å². The van der Waals surface area contributed by atoms with Crippen LogP contribution < -0.4 is 0 Å². The molecule has 0 aliphatic heterocycles. The number of hydrogen-bond acceptors (Lipinski definition) is 3. The Morgan fingerprint density at radius 2 is 1.00 bits per heavy atom. The van der Waals surface area contributed by atoms with Gasteiger partial charge in [-0.2, -0.15) is 0 Å². The molecule has 0 spiro atoms. The third-order valence-corrected chi connectivity index (χ3v) is 12.6. The van der Waals surface area contributed by atoms with Gasteiger partial charge in [0.15, 0.2) is 5.82 Å². The topological polar surface area (TPSA) is 25.8 Å². The van der Waals surface area contributed by atoms with E-state index in [2.05, 4.69) is 178 Å². The lowest BCUT2D eigenvalue weighted by Gasteiger charge is -2.22. The van der Waals surface area contributed by atoms with Gasteiger partial charge in [-0.3, -0.25) is 0 Å². The van der Waals surface area contributed by atoms with Crippen molar-refractivity contribution >= 4 is 53.1 Å². The van der Waals surface area contributed by atoms with Crippen molar-refractivity contribution < 1.29 is 0 Å². The first-order valence-electron chi connectivity index (χ1n) is 18.6. The maximum Gasteiger partial charge on any atom is 0.160 e. The first kappa shape index (κ1) is 31.1. The molecule has 2 aromatic heterocycles. The highest BCUT2D eigenvalue weighted by Crippen LogP contribution is 2.51. The lowest BCUT2D eigenvalue weighted by molar-refractivity contribution is 0.661. The van der Waals surface area contributed by atoms with Crippen LogP contribution in [0.1, 0.15) is 25.0 Å². The molecule has 2 nitrogen and oxygen atoms in total. The Hall–Kier alpha value is -6.42. The molecule has 10 aromatic rings. The monoisotopic (exact) mass is 706 g/mol. The first-order valence-corrected chi connectivity index (χ1v) is 19.4. The van der Waals surface area contributed by atoms with Gasteiger partial charge in [-0.05, 0) is 97.4 Å². The van der Waals surface area contributed by atoms with Crippen LogP contribution in [0.25, 0.3) is 97.9 Å². The molecule has 0 unspecified atom stereocenters. The molecule has 0 atom stereocenters. The Morgan fingerprint density at radius 1 is 0.389 bits per heavy atom. The number of nitrogens with zero attached hydrogens (tertiary/aromatic N) is 2. The van der Waals surface area contributed by atoms with Crippen molar-refractivity contribution in [3.05, 3.63) is 181 Å². The van der Waals surface area contributed by atoms with E-state index in [1.807, 2.05) is 17.4 Å². The minimum Gasteiger partial charge on any atom is -0.228 e. The van der Waals surface area contributed by atoms with Crippen molar-refractivity contribution in [3.63, 3.8) is 0 Å². The summed E-state index contributed by atoms with van der Waals surface area (Å²) in [6.07, 6.45) is 0. The van der Waals surface area contributed by atoms with Gasteiger partial charge in [-0.1, -0.05) is 141 Å². The molecule has 8 aromatic carbocycles. The molecule has 0 saturated heterocycles. The van der Waals surface area contributed by atoms with E-state index in [0.29, 0.717) is 0 Å². The van der Waals surface area contributed by atoms with E-state index in [9.17, 15) is 0 Å². The predicted octanol–water partition coefficient (Wildman–Crippen LogP) is 14.1. The molecule has 0 N–H and O–H groups in total. The second-order valence-electron chi connectivity index (χ2n) is 15.0. The molecule has 0 amide bonds. The van der Waals surface area contributed by atoms with Gasteiger partial charge in [0.05, 0.1) is 11.4 Å². The molecule has 0 radical (unpaired) electrons. The first-order chi connectivity index (χ1) is 26.5. The van der Waals surface area contributed by atoms with Crippen LogP contribution in [0.4, 0.5) is 0 Å². The Bertz CT molecular complexity index is 3130. The zero-order valence-electron chi connectivity index (χ0n) is 30.0. The Balaban J connectivity index is 1.07. The number of hydrogen-bond donors (Lipinski definition) is 0. The summed E-state index contributed by atoms with van der Waals surface area (Å²) in [5, 5.41) is 7.51. The summed E-state index contributed by atoms with van der Waals surface area (Å²) in [7, 11) is 0. The van der Waals surface area contributed by atoms with Crippen LogP contribution >= 0.6 is 11.3 Å². The summed E-state index contributed by atoms with van der Waals surface area (Å²) >= 11 is 1.84. The fourth-order valence-electron chi connectivity index (χ4n) is 8.70. The SMILES string of the molecule is CC1(C)c2cc(-c3ccc(-c4cc(-c5ccc6sc7ccccc7c6c5)nc(-c5ccccc5)n4)c4ccccc34)ccc2-c2cc3ccccc3cc21. The van der Waals surface area contributed by atoms with E-state index in [-0.39, 0.29) is 5.41 Å². The minimum absolute atomic E-state index is 0.107. The Morgan fingerprint density at radius 3 is 1.83 bits per heavy atom. The second kappa shape index (κ2) is 11.8. The highest BCUT2D eigenvalue weighted by atomic mass is 32.1. The fraction of sp³-hybridized carbons (Fsp3) is 0.0588. The van der Waals surface area contributed by atoms with Crippen LogP contribution in [-0.4, -0.2) is 9.97 Å². The largest absolute Gasteiger partial charge is 0.228 e. The summed E-state index contributed by atoms with van der Waals surface area (Å²) in [5.74, 6) is 0.722. The van der Waals surface area contributed by atoms with Gasteiger partial charge in [0.25, 0.3) is 0 Å². The molecule has 254 valence electrons. The fourth-order valence-corrected chi connectivity index (χ4v) is 9.78. The zero-order chi connectivity index (χ0) is 36.0. The van der Waals surface area contributed by atoms with E-state index in [4.69, 9.17) is 9.97 Å². The quantitative estimate of drug-likeness (QED) is 0.182. The lowest BCUT2D eigenvalue weighted by Crippen LogP contribution is -2.15. The van der Waals surface area contributed by atoms with Crippen LogP contribution in [0, 0.1) is 0 Å². The average molecular weight is 707 g/mol. The molecule has 0 saturated carbocycles. The maximum absolute atomic E-state index is 5.26. The molecule has 1 aliphatic rings. The highest BCUT2D eigenvalue weighted by molar-refractivity contribution is 7.25. The van der Waals surface area contributed by atoms with E-state index in [1.165, 1.54) is 75.1 Å². The van der Waals surface area contributed by atoms with Gasteiger partial charge >= 0.3 is 0 Å². The third-order valence-electron chi connectivity index (χ3n) is 11.5. The molecule has 3 heteroatoms. The summed E-state index contributed by atoms with van der Waals surface area (Å²) in [6, 6.07) is 61.8. The van der Waals surface area contributed by atoms with Gasteiger partial charge in [0, 0.05) is 42.3 Å². The van der Waals surface area contributed by atoms with E-state index >= 15 is 0 Å². The Labute approximate surface area is 318 Å². The molecule has 2 heterocycles. The van der Waals surface area contributed by atoms with Crippen molar-refractivity contribution in [2.45, 2.75) is 19.3 Å². The van der Waals surface area contributed by atoms with Crippen molar-refractivity contribution in [2.24, 2.45) is 0 Å². The van der Waals surface area contributed by atoms with Crippen LogP contribution in [0.3, 0.4) is 0 Å². The predicted molar refractivity (Wildman–Crippen MR) is 229 cm³/mol. The van der Waals surface area contributed by atoms with Crippen molar-refractivity contribution in [1.82, 2.24) is 9.97 Å². The molecule has 11 rings (SSSR count). The van der Waals surface area contributed by atoms with Crippen LogP contribution in [0.15, 0.2) is 170 Å². The summed E-state index contributed by atoms with van der Waals surface area (Å²) in [5.41, 5.74) is 12.8. The van der Waals surface area contributed by atoms with Crippen LogP contribution in [0.2, 0.25) is 0 Å². The number of fused-ring (bicyclic) bond motifs is 8. The average Bonchev–Trinajstić information content (AvgIpc) is 3.70. The van der Waals surface area contributed by atoms with Crippen LogP contribution in [-0.2, 0) is 5.41 Å². The van der Waals surface area contributed by atoms with E-state index < -0.39 is 0 Å². The summed E-state index contributed by atoms with van der Waals surface area (Å²) < 4.78 is 2.58. The molecule has 0 fully saturated rings. The molecular formula is C51H34N2S. The smallest absolute Gasteiger partial charge is 0.160 e. The number of aromatic nitrogens is 2. The standard InChI is InChI=1S/C51H34N2S/c1-51(2)44-29-34(20-22-39(44)42-26-32-14-6-7-15-33(32)28-45(42)51)36-23-24-40(38-17-9-8-16-37(36)38)47-30-46(52-50(53-47)31-12-4-3-5-13-31)35-21-25-49-43(27-35)41-18-10-11-19-48(41)54-49/h3-30H,1-2H3. The zero-order valence-corrected chi connectivity index (χ0v) is 30.8. The summed E-state index contributed by atoms with van der Waals surface area (Å²) in [6.45, 7) is 4.74. The van der Waals surface area contributed by atoms with Gasteiger partial charge in [-0.15, -0.1) is 11.3 Å². The molecular weight excluding hydrogens is 673 g/mol. The lowest BCUT2D eigenvalue weighted by atomic mass is 9.81. The highest BCUT2D eigenvalue weighted by Gasteiger charge is 2.36. The normalized spacial score (nSPS) is 13.1. The number of rotatable bonds is 4. The van der Waals surface area contributed by atoms with E-state index in [1.54, 1.807) is 0 Å². The van der Waals surface area contributed by atoms with Crippen molar-refractivity contribution in [3.8, 4) is 56.2 Å². The maximum atomic E-state index is 5.26. The minimum atomic E-state index is -0.107. The molecule has 54 heavy (non-hydrogen) atoms. The van der Waals surface area contributed by atoms with E-state index in [0.717, 1.165) is 33.9 Å². The van der Waals surface area contributed by atoms with Crippen LogP contribution in [0.5, 0.6) is 0 Å². The number of benzene rings is 8.